The second-order valence-corrected chi connectivity index (χ2v) is 6.65. The van der Waals surface area contributed by atoms with Crippen LogP contribution in [0.15, 0.2) is 48.5 Å². The number of carbonyl (C=O) groups excluding carboxylic acids is 3. The topological polar surface area (TPSA) is 84.5 Å². The minimum atomic E-state index is -0.521. The third-order valence-corrected chi connectivity index (χ3v) is 5.27. The van der Waals surface area contributed by atoms with E-state index in [0.29, 0.717) is 15.5 Å². The number of nitrogens with one attached hydrogen (secondary N) is 2. The zero-order chi connectivity index (χ0) is 18.7. The third-order valence-electron chi connectivity index (χ3n) is 3.60. The number of esters is 1. The highest BCUT2D eigenvalue weighted by atomic mass is 35.5. The molecule has 2 amide bonds. The summed E-state index contributed by atoms with van der Waals surface area (Å²) in [6.45, 7) is 0. The third kappa shape index (κ3) is 3.54. The van der Waals surface area contributed by atoms with Crippen LogP contribution in [0.1, 0.15) is 30.4 Å². The largest absolute Gasteiger partial charge is 0.465 e. The van der Waals surface area contributed by atoms with Crippen LogP contribution in [-0.2, 0) is 4.74 Å². The van der Waals surface area contributed by atoms with Gasteiger partial charge in [0.25, 0.3) is 11.8 Å². The summed E-state index contributed by atoms with van der Waals surface area (Å²) in [5.74, 6) is -1.52. The van der Waals surface area contributed by atoms with Gasteiger partial charge in [0.15, 0.2) is 0 Å². The molecule has 0 unspecified atom stereocenters. The van der Waals surface area contributed by atoms with E-state index in [9.17, 15) is 14.4 Å². The van der Waals surface area contributed by atoms with Crippen molar-refractivity contribution >= 4 is 50.8 Å². The van der Waals surface area contributed by atoms with Crippen molar-refractivity contribution in [3.63, 3.8) is 0 Å². The number of methoxy groups -OCH3 is 1. The Balaban J connectivity index is 1.67. The normalized spacial score (nSPS) is 10.4. The first-order valence-corrected chi connectivity index (χ1v) is 8.67. The van der Waals surface area contributed by atoms with Gasteiger partial charge in [0.05, 0.1) is 17.7 Å². The number of carbonyl (C=O) groups is 3. The number of fused-ring (bicyclic) bond motifs is 1. The highest BCUT2D eigenvalue weighted by Crippen LogP contribution is 2.34. The molecule has 0 aliphatic heterocycles. The molecule has 0 saturated carbocycles. The summed E-state index contributed by atoms with van der Waals surface area (Å²) in [7, 11) is 1.28. The Bertz CT molecular complexity index is 998. The van der Waals surface area contributed by atoms with Gasteiger partial charge in [-0.3, -0.25) is 20.4 Å². The van der Waals surface area contributed by atoms with Gasteiger partial charge in [0, 0.05) is 15.6 Å². The smallest absolute Gasteiger partial charge is 0.337 e. The van der Waals surface area contributed by atoms with Crippen molar-refractivity contribution in [1.82, 2.24) is 10.9 Å². The predicted octanol–water partition coefficient (Wildman–Crippen LogP) is 3.42. The summed E-state index contributed by atoms with van der Waals surface area (Å²) >= 11 is 7.48. The number of ether oxygens (including phenoxy) is 1. The molecule has 26 heavy (non-hydrogen) atoms. The minimum Gasteiger partial charge on any atom is -0.465 e. The molecule has 0 aliphatic carbocycles. The number of hydrogen-bond donors (Lipinski definition) is 2. The number of hydrazine groups is 1. The fourth-order valence-corrected chi connectivity index (χ4v) is 3.69. The molecule has 2 aromatic carbocycles. The molecule has 0 spiro atoms. The molecule has 0 bridgehead atoms. The molecule has 132 valence electrons. The van der Waals surface area contributed by atoms with Gasteiger partial charge in [-0.2, -0.15) is 0 Å². The fraction of sp³-hybridized carbons (Fsp3) is 0.0556. The average molecular weight is 389 g/mol. The number of halogens is 1. The number of rotatable bonds is 3. The molecule has 2 N–H and O–H groups in total. The van der Waals surface area contributed by atoms with Crippen LogP contribution in [0.25, 0.3) is 10.1 Å². The van der Waals surface area contributed by atoms with Crippen molar-refractivity contribution in [2.45, 2.75) is 0 Å². The van der Waals surface area contributed by atoms with Crippen LogP contribution in [0.4, 0.5) is 0 Å². The van der Waals surface area contributed by atoms with Crippen LogP contribution in [0, 0.1) is 0 Å². The molecular weight excluding hydrogens is 376 g/mol. The zero-order valence-corrected chi connectivity index (χ0v) is 15.1. The Kier molecular flexibility index (Phi) is 5.20. The van der Waals surface area contributed by atoms with E-state index < -0.39 is 17.8 Å². The SMILES string of the molecule is COC(=O)c1ccc(C(=O)NNC(=O)c2sc3ccccc3c2Cl)cc1. The monoisotopic (exact) mass is 388 g/mol. The van der Waals surface area contributed by atoms with Gasteiger partial charge in [-0.1, -0.05) is 29.8 Å². The van der Waals surface area contributed by atoms with Crippen LogP contribution in [0.3, 0.4) is 0 Å². The van der Waals surface area contributed by atoms with Gasteiger partial charge < -0.3 is 4.74 Å². The lowest BCUT2D eigenvalue weighted by Crippen LogP contribution is -2.41. The fourth-order valence-electron chi connectivity index (χ4n) is 2.28. The van der Waals surface area contributed by atoms with Crippen LogP contribution >= 0.6 is 22.9 Å². The van der Waals surface area contributed by atoms with Crippen molar-refractivity contribution < 1.29 is 19.1 Å². The molecule has 0 radical (unpaired) electrons. The van der Waals surface area contributed by atoms with Crippen molar-refractivity contribution in [3.05, 3.63) is 69.6 Å². The Morgan fingerprint density at radius 1 is 0.923 bits per heavy atom. The van der Waals surface area contributed by atoms with Crippen molar-refractivity contribution in [2.75, 3.05) is 7.11 Å². The Labute approximate surface area is 157 Å². The van der Waals surface area contributed by atoms with Crippen molar-refractivity contribution in [2.24, 2.45) is 0 Å². The maximum atomic E-state index is 12.3. The minimum absolute atomic E-state index is 0.278. The van der Waals surface area contributed by atoms with E-state index in [4.69, 9.17) is 11.6 Å². The molecule has 8 heteroatoms. The first-order chi connectivity index (χ1) is 12.5. The number of hydrogen-bond acceptors (Lipinski definition) is 5. The molecule has 0 aliphatic rings. The number of thiophene rings is 1. The van der Waals surface area contributed by atoms with E-state index >= 15 is 0 Å². The zero-order valence-electron chi connectivity index (χ0n) is 13.5. The second kappa shape index (κ2) is 7.55. The molecule has 0 fully saturated rings. The Morgan fingerprint density at radius 3 is 2.19 bits per heavy atom. The van der Waals surface area contributed by atoms with Crippen LogP contribution in [0.5, 0.6) is 0 Å². The molecule has 0 saturated heterocycles. The lowest BCUT2D eigenvalue weighted by atomic mass is 10.1. The van der Waals surface area contributed by atoms with E-state index in [0.717, 1.165) is 10.1 Å². The molecule has 6 nitrogen and oxygen atoms in total. The van der Waals surface area contributed by atoms with E-state index in [1.807, 2.05) is 24.3 Å². The number of amides is 2. The van der Waals surface area contributed by atoms with Gasteiger partial charge in [0.1, 0.15) is 4.88 Å². The Morgan fingerprint density at radius 2 is 1.54 bits per heavy atom. The number of benzene rings is 2. The van der Waals surface area contributed by atoms with Crippen LogP contribution < -0.4 is 10.9 Å². The second-order valence-electron chi connectivity index (χ2n) is 5.22. The molecule has 1 heterocycles. The van der Waals surface area contributed by atoms with Gasteiger partial charge >= 0.3 is 5.97 Å². The Hall–Kier alpha value is -2.90. The van der Waals surface area contributed by atoms with Crippen LogP contribution in [-0.4, -0.2) is 24.9 Å². The highest BCUT2D eigenvalue weighted by Gasteiger charge is 2.17. The van der Waals surface area contributed by atoms with Crippen LogP contribution in [0.2, 0.25) is 5.02 Å². The lowest BCUT2D eigenvalue weighted by molar-refractivity contribution is 0.0600. The first kappa shape index (κ1) is 17.9. The van der Waals surface area contributed by atoms with E-state index in [-0.39, 0.29) is 5.56 Å². The summed E-state index contributed by atoms with van der Waals surface area (Å²) < 4.78 is 5.47. The standard InChI is InChI=1S/C18H13ClN2O4S/c1-25-18(24)11-8-6-10(7-9-11)16(22)20-21-17(23)15-14(19)12-4-2-3-5-13(12)26-15/h2-9H,1H3,(H,20,22)(H,21,23). The van der Waals surface area contributed by atoms with E-state index in [1.54, 1.807) is 0 Å². The molecule has 3 rings (SSSR count). The molecule has 0 atom stereocenters. The summed E-state index contributed by atoms with van der Waals surface area (Å²) in [6.07, 6.45) is 0. The van der Waals surface area contributed by atoms with E-state index in [1.165, 1.54) is 42.7 Å². The average Bonchev–Trinajstić information content (AvgIpc) is 3.02. The first-order valence-electron chi connectivity index (χ1n) is 7.47. The maximum Gasteiger partial charge on any atom is 0.337 e. The maximum absolute atomic E-state index is 12.3. The summed E-state index contributed by atoms with van der Waals surface area (Å²) in [5.41, 5.74) is 5.27. The predicted molar refractivity (Wildman–Crippen MR) is 99.5 cm³/mol. The van der Waals surface area contributed by atoms with Crippen molar-refractivity contribution in [1.29, 1.82) is 0 Å². The lowest BCUT2D eigenvalue weighted by Gasteiger charge is -2.07. The highest BCUT2D eigenvalue weighted by molar-refractivity contribution is 7.21. The van der Waals surface area contributed by atoms with Gasteiger partial charge in [0.2, 0.25) is 0 Å². The molecular formula is C18H13ClN2O4S. The van der Waals surface area contributed by atoms with Crippen molar-refractivity contribution in [3.8, 4) is 0 Å². The molecule has 1 aromatic heterocycles. The van der Waals surface area contributed by atoms with E-state index in [2.05, 4.69) is 15.6 Å². The summed E-state index contributed by atoms with van der Waals surface area (Å²) in [5, 5.41) is 1.13. The quantitative estimate of drug-likeness (QED) is 0.532. The summed E-state index contributed by atoms with van der Waals surface area (Å²) in [6, 6.07) is 13.2. The van der Waals surface area contributed by atoms with Gasteiger partial charge in [-0.05, 0) is 30.3 Å². The van der Waals surface area contributed by atoms with Gasteiger partial charge in [-0.15, -0.1) is 11.3 Å². The van der Waals surface area contributed by atoms with Gasteiger partial charge in [-0.25, -0.2) is 4.79 Å². The summed E-state index contributed by atoms with van der Waals surface area (Å²) in [4.78, 5) is 36.1. The molecule has 3 aromatic rings.